The number of aliphatic hydroxyl groups excluding tert-OH is 1. The van der Waals surface area contributed by atoms with Gasteiger partial charge in [-0.3, -0.25) is 0 Å². The van der Waals surface area contributed by atoms with Gasteiger partial charge in [-0.15, -0.1) is 0 Å². The fourth-order valence-electron chi connectivity index (χ4n) is 1.98. The van der Waals surface area contributed by atoms with Gasteiger partial charge in [0.1, 0.15) is 6.10 Å². The topological polar surface area (TPSA) is 66.4 Å². The zero-order valence-corrected chi connectivity index (χ0v) is 15.8. The maximum absolute atomic E-state index is 10.3. The van der Waals surface area contributed by atoms with Crippen molar-refractivity contribution in [2.24, 2.45) is 0 Å². The highest BCUT2D eigenvalue weighted by molar-refractivity contribution is 4.69. The Morgan fingerprint density at radius 1 is 0.625 bits per heavy atom. The van der Waals surface area contributed by atoms with Crippen molar-refractivity contribution in [2.45, 2.75) is 58.7 Å². The molecule has 24 heavy (non-hydrogen) atoms. The second-order valence-corrected chi connectivity index (χ2v) is 5.68. The van der Waals surface area contributed by atoms with E-state index < -0.39 is 6.10 Å². The standard InChI is InChI=1S/C18H38O6/c1-4-8-20-11-7-17(19)18(24-15-14-22-10-6-3)16-23-13-12-21-9-5-2/h17-19H,4-16H2,1-3H3. The van der Waals surface area contributed by atoms with Gasteiger partial charge in [-0.2, -0.15) is 0 Å². The molecule has 0 saturated heterocycles. The van der Waals surface area contributed by atoms with E-state index >= 15 is 0 Å². The number of hydrogen-bond acceptors (Lipinski definition) is 6. The van der Waals surface area contributed by atoms with Gasteiger partial charge in [0.25, 0.3) is 0 Å². The largest absolute Gasteiger partial charge is 0.390 e. The summed E-state index contributed by atoms with van der Waals surface area (Å²) >= 11 is 0. The zero-order valence-electron chi connectivity index (χ0n) is 15.8. The van der Waals surface area contributed by atoms with Gasteiger partial charge in [-0.1, -0.05) is 20.8 Å². The summed E-state index contributed by atoms with van der Waals surface area (Å²) in [6, 6.07) is 0. The molecule has 6 heteroatoms. The quantitative estimate of drug-likeness (QED) is 0.361. The minimum absolute atomic E-state index is 0.345. The molecule has 0 amide bonds. The van der Waals surface area contributed by atoms with Crippen LogP contribution in [0.5, 0.6) is 0 Å². The molecule has 0 rings (SSSR count). The third kappa shape index (κ3) is 15.3. The molecular weight excluding hydrogens is 312 g/mol. The van der Waals surface area contributed by atoms with E-state index in [9.17, 15) is 5.11 Å². The normalized spacial score (nSPS) is 14.0. The molecule has 2 unspecified atom stereocenters. The number of hydrogen-bond donors (Lipinski definition) is 1. The Hall–Kier alpha value is -0.240. The van der Waals surface area contributed by atoms with Crippen molar-refractivity contribution < 1.29 is 28.8 Å². The molecule has 0 aromatic carbocycles. The summed E-state index contributed by atoms with van der Waals surface area (Å²) in [6.07, 6.45) is 2.53. The van der Waals surface area contributed by atoms with Crippen LogP contribution in [0.25, 0.3) is 0 Å². The lowest BCUT2D eigenvalue weighted by atomic mass is 10.1. The van der Waals surface area contributed by atoms with E-state index in [0.717, 1.165) is 32.5 Å². The predicted octanol–water partition coefficient (Wildman–Crippen LogP) is 2.42. The van der Waals surface area contributed by atoms with Crippen LogP contribution < -0.4 is 0 Å². The van der Waals surface area contributed by atoms with Gasteiger partial charge in [-0.05, 0) is 25.7 Å². The first-order chi connectivity index (χ1) is 11.8. The minimum Gasteiger partial charge on any atom is -0.390 e. The lowest BCUT2D eigenvalue weighted by Gasteiger charge is -2.23. The Bertz CT molecular complexity index is 240. The summed E-state index contributed by atoms with van der Waals surface area (Å²) in [5.41, 5.74) is 0. The fourth-order valence-corrected chi connectivity index (χ4v) is 1.98. The zero-order chi connectivity index (χ0) is 17.9. The molecule has 0 aliphatic rings. The molecule has 2 atom stereocenters. The van der Waals surface area contributed by atoms with E-state index in [1.165, 1.54) is 0 Å². The fraction of sp³-hybridized carbons (Fsp3) is 1.00. The average molecular weight is 350 g/mol. The Balaban J connectivity index is 3.97. The maximum Gasteiger partial charge on any atom is 0.107 e. The lowest BCUT2D eigenvalue weighted by molar-refractivity contribution is -0.101. The lowest BCUT2D eigenvalue weighted by Crippen LogP contribution is -2.35. The van der Waals surface area contributed by atoms with Gasteiger partial charge in [0.15, 0.2) is 0 Å². The van der Waals surface area contributed by atoms with Crippen molar-refractivity contribution >= 4 is 0 Å². The number of rotatable bonds is 19. The monoisotopic (exact) mass is 350 g/mol. The van der Waals surface area contributed by atoms with Crippen LogP contribution in [0.4, 0.5) is 0 Å². The minimum atomic E-state index is -0.607. The SMILES string of the molecule is CCCOCCOCC(OCCOCCC)C(O)CCOCCC. The van der Waals surface area contributed by atoms with Gasteiger partial charge >= 0.3 is 0 Å². The maximum atomic E-state index is 10.3. The van der Waals surface area contributed by atoms with E-state index in [1.807, 2.05) is 0 Å². The van der Waals surface area contributed by atoms with Crippen LogP contribution in [-0.4, -0.2) is 76.8 Å². The van der Waals surface area contributed by atoms with Crippen LogP contribution in [0.3, 0.4) is 0 Å². The van der Waals surface area contributed by atoms with Crippen LogP contribution >= 0.6 is 0 Å². The molecule has 0 saturated carbocycles. The van der Waals surface area contributed by atoms with Crippen molar-refractivity contribution in [1.29, 1.82) is 0 Å². The molecule has 0 heterocycles. The van der Waals surface area contributed by atoms with Gasteiger partial charge in [0.05, 0.1) is 39.1 Å². The Labute approximate surface area is 147 Å². The van der Waals surface area contributed by atoms with E-state index in [2.05, 4.69) is 20.8 Å². The third-order valence-corrected chi connectivity index (χ3v) is 3.25. The predicted molar refractivity (Wildman–Crippen MR) is 94.5 cm³/mol. The third-order valence-electron chi connectivity index (χ3n) is 3.25. The summed E-state index contributed by atoms with van der Waals surface area (Å²) < 4.78 is 27.5. The summed E-state index contributed by atoms with van der Waals surface area (Å²) in [4.78, 5) is 0. The van der Waals surface area contributed by atoms with Crippen LogP contribution in [0, 0.1) is 0 Å². The summed E-state index contributed by atoms with van der Waals surface area (Å²) in [5, 5.41) is 10.3. The van der Waals surface area contributed by atoms with Crippen molar-refractivity contribution in [3.8, 4) is 0 Å². The van der Waals surface area contributed by atoms with Gasteiger partial charge < -0.3 is 28.8 Å². The van der Waals surface area contributed by atoms with Gasteiger partial charge in [0, 0.05) is 26.4 Å². The van der Waals surface area contributed by atoms with Crippen molar-refractivity contribution in [2.75, 3.05) is 59.5 Å². The first-order valence-corrected chi connectivity index (χ1v) is 9.36. The summed E-state index contributed by atoms with van der Waals surface area (Å²) in [5.74, 6) is 0. The Morgan fingerprint density at radius 3 is 1.71 bits per heavy atom. The molecule has 0 bridgehead atoms. The van der Waals surface area contributed by atoms with Gasteiger partial charge in [-0.25, -0.2) is 0 Å². The molecule has 0 radical (unpaired) electrons. The first-order valence-electron chi connectivity index (χ1n) is 9.36. The Kier molecular flexibility index (Phi) is 18.9. The molecular formula is C18H38O6. The smallest absolute Gasteiger partial charge is 0.107 e. The molecule has 0 spiro atoms. The van der Waals surface area contributed by atoms with E-state index in [-0.39, 0.29) is 6.10 Å². The van der Waals surface area contributed by atoms with Crippen LogP contribution in [0.15, 0.2) is 0 Å². The van der Waals surface area contributed by atoms with Crippen molar-refractivity contribution in [3.63, 3.8) is 0 Å². The molecule has 0 aliphatic carbocycles. The molecule has 0 fully saturated rings. The average Bonchev–Trinajstić information content (AvgIpc) is 2.59. The van der Waals surface area contributed by atoms with Crippen LogP contribution in [0.1, 0.15) is 46.5 Å². The van der Waals surface area contributed by atoms with Crippen LogP contribution in [0.2, 0.25) is 0 Å². The molecule has 0 aliphatic heterocycles. The molecule has 0 aromatic heterocycles. The highest BCUT2D eigenvalue weighted by Gasteiger charge is 2.20. The molecule has 6 nitrogen and oxygen atoms in total. The number of ether oxygens (including phenoxy) is 5. The summed E-state index contributed by atoms with van der Waals surface area (Å²) in [7, 11) is 0. The molecule has 146 valence electrons. The van der Waals surface area contributed by atoms with E-state index in [1.54, 1.807) is 0 Å². The van der Waals surface area contributed by atoms with Crippen LogP contribution in [-0.2, 0) is 23.7 Å². The summed E-state index contributed by atoms with van der Waals surface area (Å²) in [6.45, 7) is 11.3. The second kappa shape index (κ2) is 19.1. The van der Waals surface area contributed by atoms with Crippen molar-refractivity contribution in [1.82, 2.24) is 0 Å². The van der Waals surface area contributed by atoms with Crippen molar-refractivity contribution in [3.05, 3.63) is 0 Å². The highest BCUT2D eigenvalue weighted by Crippen LogP contribution is 2.06. The number of aliphatic hydroxyl groups is 1. The van der Waals surface area contributed by atoms with E-state index in [0.29, 0.717) is 52.7 Å². The molecule has 1 N–H and O–H groups in total. The first kappa shape index (κ1) is 23.8. The van der Waals surface area contributed by atoms with Gasteiger partial charge in [0.2, 0.25) is 0 Å². The second-order valence-electron chi connectivity index (χ2n) is 5.68. The Morgan fingerprint density at radius 2 is 1.12 bits per heavy atom. The highest BCUT2D eigenvalue weighted by atomic mass is 16.6. The molecule has 0 aromatic rings. The van der Waals surface area contributed by atoms with E-state index in [4.69, 9.17) is 23.7 Å².